The van der Waals surface area contributed by atoms with Gasteiger partial charge in [0.15, 0.2) is 0 Å². The molecule has 2 fully saturated rings. The summed E-state index contributed by atoms with van der Waals surface area (Å²) < 4.78 is 5.33. The molecule has 3 unspecified atom stereocenters. The van der Waals surface area contributed by atoms with Gasteiger partial charge < -0.3 is 10.1 Å². The van der Waals surface area contributed by atoms with E-state index in [1.165, 1.54) is 38.2 Å². The molecule has 0 saturated carbocycles. The van der Waals surface area contributed by atoms with Gasteiger partial charge in [0.2, 0.25) is 0 Å². The fourth-order valence-corrected chi connectivity index (χ4v) is 3.53. The maximum atomic E-state index is 5.33. The molecule has 1 N–H and O–H groups in total. The molecule has 3 nitrogen and oxygen atoms in total. The highest BCUT2D eigenvalue weighted by molar-refractivity contribution is 5.30. The Hall–Kier alpha value is -1.06. The van der Waals surface area contributed by atoms with Gasteiger partial charge in [-0.15, -0.1) is 0 Å². The minimum Gasteiger partial charge on any atom is -0.497 e. The van der Waals surface area contributed by atoms with Crippen LogP contribution < -0.4 is 10.1 Å². The summed E-state index contributed by atoms with van der Waals surface area (Å²) in [6, 6.07) is 8.98. The first-order valence-corrected chi connectivity index (χ1v) is 7.36. The predicted molar refractivity (Wildman–Crippen MR) is 77.4 cm³/mol. The van der Waals surface area contributed by atoms with Crippen LogP contribution in [0, 0.1) is 11.8 Å². The Morgan fingerprint density at radius 2 is 2.16 bits per heavy atom. The number of rotatable bonds is 3. The maximum absolute atomic E-state index is 5.33. The zero-order valence-corrected chi connectivity index (χ0v) is 11.9. The number of nitrogens with zero attached hydrogens (tertiary/aromatic N) is 1. The van der Waals surface area contributed by atoms with Crippen LogP contribution in [0.25, 0.3) is 0 Å². The molecule has 2 saturated heterocycles. The van der Waals surface area contributed by atoms with Gasteiger partial charge in [-0.05, 0) is 62.5 Å². The maximum Gasteiger partial charge on any atom is 0.119 e. The third kappa shape index (κ3) is 2.63. The standard InChI is InChI=1S/C16H24N2O/c1-12(13-4-3-5-16(8-13)19-2)18-7-6-14-9-17-10-15(14)11-18/h3-5,8,12,14-15,17H,6-7,9-11H2,1-2H3. The quantitative estimate of drug-likeness (QED) is 0.902. The van der Waals surface area contributed by atoms with Gasteiger partial charge in [0.1, 0.15) is 5.75 Å². The molecular weight excluding hydrogens is 236 g/mol. The average molecular weight is 260 g/mol. The first kappa shape index (κ1) is 12.9. The monoisotopic (exact) mass is 260 g/mol. The highest BCUT2D eigenvalue weighted by Crippen LogP contribution is 2.32. The van der Waals surface area contributed by atoms with Gasteiger partial charge in [-0.1, -0.05) is 12.1 Å². The zero-order chi connectivity index (χ0) is 13.2. The van der Waals surface area contributed by atoms with Crippen LogP contribution in [0.4, 0.5) is 0 Å². The number of hydrogen-bond acceptors (Lipinski definition) is 3. The topological polar surface area (TPSA) is 24.5 Å². The number of fused-ring (bicyclic) bond motifs is 1. The number of benzene rings is 1. The molecule has 0 radical (unpaired) electrons. The number of hydrogen-bond donors (Lipinski definition) is 1. The van der Waals surface area contributed by atoms with Gasteiger partial charge in [-0.2, -0.15) is 0 Å². The molecule has 0 bridgehead atoms. The van der Waals surface area contributed by atoms with Crippen molar-refractivity contribution < 1.29 is 4.74 Å². The Balaban J connectivity index is 1.70. The Bertz CT molecular complexity index is 435. The summed E-state index contributed by atoms with van der Waals surface area (Å²) in [5, 5.41) is 3.54. The second kappa shape index (κ2) is 5.51. The van der Waals surface area contributed by atoms with Gasteiger partial charge in [-0.3, -0.25) is 4.90 Å². The van der Waals surface area contributed by atoms with Crippen molar-refractivity contribution >= 4 is 0 Å². The molecule has 3 rings (SSSR count). The summed E-state index contributed by atoms with van der Waals surface area (Å²) in [6.45, 7) is 7.20. The molecule has 1 aromatic carbocycles. The van der Waals surface area contributed by atoms with Crippen LogP contribution in [-0.2, 0) is 0 Å². The number of nitrogens with one attached hydrogen (secondary N) is 1. The van der Waals surface area contributed by atoms with Gasteiger partial charge in [0.25, 0.3) is 0 Å². The predicted octanol–water partition coefficient (Wildman–Crippen LogP) is 2.30. The van der Waals surface area contributed by atoms with Crippen molar-refractivity contribution in [3.05, 3.63) is 29.8 Å². The third-order valence-electron chi connectivity index (χ3n) is 4.86. The molecule has 0 spiro atoms. The van der Waals surface area contributed by atoms with Crippen LogP contribution in [0.2, 0.25) is 0 Å². The van der Waals surface area contributed by atoms with Crippen LogP contribution in [0.15, 0.2) is 24.3 Å². The zero-order valence-electron chi connectivity index (χ0n) is 11.9. The van der Waals surface area contributed by atoms with E-state index in [2.05, 4.69) is 35.3 Å². The van der Waals surface area contributed by atoms with Crippen molar-refractivity contribution in [2.24, 2.45) is 11.8 Å². The molecule has 3 atom stereocenters. The molecule has 1 aromatic rings. The number of piperidine rings is 1. The van der Waals surface area contributed by atoms with Crippen molar-refractivity contribution in [3.63, 3.8) is 0 Å². The summed E-state index contributed by atoms with van der Waals surface area (Å²) in [5.41, 5.74) is 1.36. The first-order valence-electron chi connectivity index (χ1n) is 7.36. The first-order chi connectivity index (χ1) is 9.28. The highest BCUT2D eigenvalue weighted by atomic mass is 16.5. The van der Waals surface area contributed by atoms with Gasteiger partial charge in [0.05, 0.1) is 7.11 Å². The fourth-order valence-electron chi connectivity index (χ4n) is 3.53. The van der Waals surface area contributed by atoms with E-state index < -0.39 is 0 Å². The second-order valence-electron chi connectivity index (χ2n) is 5.91. The third-order valence-corrected chi connectivity index (χ3v) is 4.86. The van der Waals surface area contributed by atoms with Crippen molar-refractivity contribution in [1.29, 1.82) is 0 Å². The van der Waals surface area contributed by atoms with Crippen molar-refractivity contribution in [1.82, 2.24) is 10.2 Å². The summed E-state index contributed by atoms with van der Waals surface area (Å²) in [5.74, 6) is 2.72. The average Bonchev–Trinajstić information content (AvgIpc) is 2.94. The minimum atomic E-state index is 0.483. The molecule has 0 aromatic heterocycles. The minimum absolute atomic E-state index is 0.483. The van der Waals surface area contributed by atoms with E-state index in [-0.39, 0.29) is 0 Å². The van der Waals surface area contributed by atoms with E-state index in [0.29, 0.717) is 6.04 Å². The fraction of sp³-hybridized carbons (Fsp3) is 0.625. The molecule has 0 aliphatic carbocycles. The smallest absolute Gasteiger partial charge is 0.119 e. The van der Waals surface area contributed by atoms with Crippen LogP contribution in [-0.4, -0.2) is 38.2 Å². The molecule has 2 aliphatic heterocycles. The van der Waals surface area contributed by atoms with E-state index in [1.54, 1.807) is 7.11 Å². The summed E-state index contributed by atoms with van der Waals surface area (Å²) in [4.78, 5) is 2.63. The number of ether oxygens (including phenoxy) is 1. The number of likely N-dealkylation sites (tertiary alicyclic amines) is 1. The Kier molecular flexibility index (Phi) is 3.76. The Morgan fingerprint density at radius 3 is 3.00 bits per heavy atom. The van der Waals surface area contributed by atoms with E-state index in [9.17, 15) is 0 Å². The summed E-state index contributed by atoms with van der Waals surface area (Å²) >= 11 is 0. The molecule has 104 valence electrons. The lowest BCUT2D eigenvalue weighted by atomic mass is 9.87. The Morgan fingerprint density at radius 1 is 1.32 bits per heavy atom. The summed E-state index contributed by atoms with van der Waals surface area (Å²) in [7, 11) is 1.74. The molecule has 3 heteroatoms. The summed E-state index contributed by atoms with van der Waals surface area (Å²) in [6.07, 6.45) is 1.34. The lowest BCUT2D eigenvalue weighted by Gasteiger charge is -2.38. The SMILES string of the molecule is COc1cccc(C(C)N2CCC3CNCC3C2)c1. The van der Waals surface area contributed by atoms with Crippen molar-refractivity contribution in [2.75, 3.05) is 33.3 Å². The highest BCUT2D eigenvalue weighted by Gasteiger charge is 2.34. The second-order valence-corrected chi connectivity index (χ2v) is 5.91. The normalized spacial score (nSPS) is 28.9. The molecule has 2 aliphatic rings. The van der Waals surface area contributed by atoms with Gasteiger partial charge >= 0.3 is 0 Å². The molecule has 19 heavy (non-hydrogen) atoms. The molecule has 2 heterocycles. The van der Waals surface area contributed by atoms with Crippen LogP contribution >= 0.6 is 0 Å². The van der Waals surface area contributed by atoms with Crippen molar-refractivity contribution in [2.45, 2.75) is 19.4 Å². The lowest BCUT2D eigenvalue weighted by Crippen LogP contribution is -2.41. The van der Waals surface area contributed by atoms with E-state index >= 15 is 0 Å². The largest absolute Gasteiger partial charge is 0.497 e. The molecular formula is C16H24N2O. The van der Waals surface area contributed by atoms with Gasteiger partial charge in [0, 0.05) is 12.6 Å². The number of methoxy groups -OCH3 is 1. The Labute approximate surface area is 115 Å². The lowest BCUT2D eigenvalue weighted by molar-refractivity contribution is 0.111. The van der Waals surface area contributed by atoms with Crippen molar-refractivity contribution in [3.8, 4) is 5.75 Å². The van der Waals surface area contributed by atoms with Crippen LogP contribution in [0.5, 0.6) is 5.75 Å². The van der Waals surface area contributed by atoms with Gasteiger partial charge in [-0.25, -0.2) is 0 Å². The van der Waals surface area contributed by atoms with E-state index in [0.717, 1.165) is 17.6 Å². The van der Waals surface area contributed by atoms with E-state index in [1.807, 2.05) is 6.07 Å². The van der Waals surface area contributed by atoms with Crippen LogP contribution in [0.3, 0.4) is 0 Å². The van der Waals surface area contributed by atoms with Crippen LogP contribution in [0.1, 0.15) is 24.9 Å². The van der Waals surface area contributed by atoms with E-state index in [4.69, 9.17) is 4.74 Å². The molecule has 0 amide bonds.